The van der Waals surface area contributed by atoms with E-state index in [0.29, 0.717) is 16.2 Å². The van der Waals surface area contributed by atoms with E-state index in [1.807, 2.05) is 6.07 Å². The summed E-state index contributed by atoms with van der Waals surface area (Å²) in [4.78, 5) is 29.1. The summed E-state index contributed by atoms with van der Waals surface area (Å²) >= 11 is 6.10. The number of carbonyl (C=O) groups is 2. The third-order valence-electron chi connectivity index (χ3n) is 3.32. The van der Waals surface area contributed by atoms with Gasteiger partial charge in [-0.1, -0.05) is 11.6 Å². The summed E-state index contributed by atoms with van der Waals surface area (Å²) in [5.41, 5.74) is 1.40. The zero-order valence-electron chi connectivity index (χ0n) is 11.4. The number of halogens is 1. The fourth-order valence-electron chi connectivity index (χ4n) is 2.30. The monoisotopic (exact) mass is 317 g/mol. The lowest BCUT2D eigenvalue weighted by atomic mass is 10.1. The highest BCUT2D eigenvalue weighted by molar-refractivity contribution is 6.35. The molecule has 0 unspecified atom stereocenters. The standard InChI is InChI=1S/C15H12ClN3O3/c16-10-3-4-11(9-2-1-5-17-14(9)10)18-12-8-13(21)19(6-7-20)15(12)22/h1-5,8,18,20H,6-7H2. The second-order valence-corrected chi connectivity index (χ2v) is 5.10. The Balaban J connectivity index is 1.95. The molecule has 0 bridgehead atoms. The zero-order chi connectivity index (χ0) is 15.7. The molecule has 2 N–H and O–H groups in total. The maximum atomic E-state index is 12.1. The first-order valence-corrected chi connectivity index (χ1v) is 6.98. The van der Waals surface area contributed by atoms with Crippen molar-refractivity contribution in [3.05, 3.63) is 47.3 Å². The van der Waals surface area contributed by atoms with Gasteiger partial charge >= 0.3 is 0 Å². The van der Waals surface area contributed by atoms with Crippen LogP contribution in [0.3, 0.4) is 0 Å². The molecule has 22 heavy (non-hydrogen) atoms. The predicted molar refractivity (Wildman–Crippen MR) is 82.3 cm³/mol. The van der Waals surface area contributed by atoms with E-state index < -0.39 is 11.8 Å². The number of nitrogens with zero attached hydrogens (tertiary/aromatic N) is 2. The van der Waals surface area contributed by atoms with E-state index in [9.17, 15) is 9.59 Å². The number of aromatic nitrogens is 1. The lowest BCUT2D eigenvalue weighted by Gasteiger charge is -2.14. The number of hydrogen-bond acceptors (Lipinski definition) is 5. The Morgan fingerprint density at radius 2 is 2.09 bits per heavy atom. The van der Waals surface area contributed by atoms with Crippen LogP contribution in [0.1, 0.15) is 0 Å². The molecule has 1 aliphatic heterocycles. The van der Waals surface area contributed by atoms with Gasteiger partial charge in [0.1, 0.15) is 5.70 Å². The fraction of sp³-hybridized carbons (Fsp3) is 0.133. The Morgan fingerprint density at radius 3 is 2.86 bits per heavy atom. The van der Waals surface area contributed by atoms with Gasteiger partial charge in [-0.15, -0.1) is 0 Å². The summed E-state index contributed by atoms with van der Waals surface area (Å²) < 4.78 is 0. The summed E-state index contributed by atoms with van der Waals surface area (Å²) in [6, 6.07) is 6.98. The first-order valence-electron chi connectivity index (χ1n) is 6.60. The number of pyridine rings is 1. The van der Waals surface area contributed by atoms with Gasteiger partial charge in [0.25, 0.3) is 11.8 Å². The number of aliphatic hydroxyl groups excluding tert-OH is 1. The van der Waals surface area contributed by atoms with Crippen LogP contribution in [-0.2, 0) is 9.59 Å². The number of amides is 2. The van der Waals surface area contributed by atoms with E-state index in [0.717, 1.165) is 10.3 Å². The van der Waals surface area contributed by atoms with Crippen LogP contribution >= 0.6 is 11.6 Å². The van der Waals surface area contributed by atoms with Crippen molar-refractivity contribution in [1.82, 2.24) is 9.88 Å². The largest absolute Gasteiger partial charge is 0.395 e. The average molecular weight is 318 g/mol. The third kappa shape index (κ3) is 2.43. The summed E-state index contributed by atoms with van der Waals surface area (Å²) in [5, 5.41) is 13.1. The van der Waals surface area contributed by atoms with Crippen molar-refractivity contribution in [1.29, 1.82) is 0 Å². The minimum Gasteiger partial charge on any atom is -0.395 e. The highest BCUT2D eigenvalue weighted by Crippen LogP contribution is 2.29. The van der Waals surface area contributed by atoms with Crippen LogP contribution in [0.25, 0.3) is 10.9 Å². The molecule has 2 heterocycles. The van der Waals surface area contributed by atoms with Gasteiger partial charge in [-0.3, -0.25) is 19.5 Å². The van der Waals surface area contributed by atoms with Gasteiger partial charge in [0.05, 0.1) is 23.7 Å². The fourth-order valence-corrected chi connectivity index (χ4v) is 2.52. The van der Waals surface area contributed by atoms with Gasteiger partial charge in [-0.05, 0) is 24.3 Å². The molecule has 3 rings (SSSR count). The third-order valence-corrected chi connectivity index (χ3v) is 3.63. The van der Waals surface area contributed by atoms with Crippen molar-refractivity contribution in [2.75, 3.05) is 18.5 Å². The van der Waals surface area contributed by atoms with Crippen LogP contribution in [0.4, 0.5) is 5.69 Å². The number of anilines is 1. The summed E-state index contributed by atoms with van der Waals surface area (Å²) in [5.74, 6) is -0.913. The van der Waals surface area contributed by atoms with Crippen molar-refractivity contribution in [3.8, 4) is 0 Å². The molecule has 0 atom stereocenters. The molecule has 1 aliphatic rings. The van der Waals surface area contributed by atoms with Gasteiger partial charge in [0.15, 0.2) is 0 Å². The molecular weight excluding hydrogens is 306 g/mol. The van der Waals surface area contributed by atoms with Gasteiger partial charge in [0, 0.05) is 23.3 Å². The summed E-state index contributed by atoms with van der Waals surface area (Å²) in [6.07, 6.45) is 2.85. The molecule has 2 aromatic rings. The lowest BCUT2D eigenvalue weighted by molar-refractivity contribution is -0.137. The molecule has 7 heteroatoms. The van der Waals surface area contributed by atoms with Gasteiger partial charge in [-0.25, -0.2) is 0 Å². The molecule has 6 nitrogen and oxygen atoms in total. The van der Waals surface area contributed by atoms with Crippen molar-refractivity contribution in [2.45, 2.75) is 0 Å². The Bertz CT molecular complexity index is 804. The van der Waals surface area contributed by atoms with Gasteiger partial charge in [-0.2, -0.15) is 0 Å². The molecule has 1 aromatic carbocycles. The summed E-state index contributed by atoms with van der Waals surface area (Å²) in [7, 11) is 0. The maximum absolute atomic E-state index is 12.1. The number of fused-ring (bicyclic) bond motifs is 1. The smallest absolute Gasteiger partial charge is 0.277 e. The normalized spacial score (nSPS) is 14.6. The van der Waals surface area contributed by atoms with E-state index in [-0.39, 0.29) is 18.8 Å². The Hall–Kier alpha value is -2.44. The van der Waals surface area contributed by atoms with Crippen molar-refractivity contribution in [2.24, 2.45) is 0 Å². The number of β-amino-alcohol motifs (C(OH)–C–C–N with tert-alkyl or cyclic N) is 1. The van der Waals surface area contributed by atoms with Gasteiger partial charge < -0.3 is 10.4 Å². The Kier molecular flexibility index (Phi) is 3.79. The highest BCUT2D eigenvalue weighted by atomic mass is 35.5. The number of nitrogens with one attached hydrogen (secondary N) is 1. The topological polar surface area (TPSA) is 82.5 Å². The minimum absolute atomic E-state index is 0.0255. The molecule has 112 valence electrons. The first-order chi connectivity index (χ1) is 10.6. The van der Waals surface area contributed by atoms with Crippen LogP contribution in [0.5, 0.6) is 0 Å². The van der Waals surface area contributed by atoms with Crippen LogP contribution in [0.15, 0.2) is 42.2 Å². The number of hydrogen-bond donors (Lipinski definition) is 2. The second-order valence-electron chi connectivity index (χ2n) is 4.70. The van der Waals surface area contributed by atoms with Crippen LogP contribution in [0.2, 0.25) is 5.02 Å². The van der Waals surface area contributed by atoms with E-state index in [2.05, 4.69) is 10.3 Å². The molecule has 2 amide bonds. The van der Waals surface area contributed by atoms with E-state index >= 15 is 0 Å². The highest BCUT2D eigenvalue weighted by Gasteiger charge is 2.30. The number of aliphatic hydroxyl groups is 1. The van der Waals surface area contributed by atoms with Crippen LogP contribution in [0, 0.1) is 0 Å². The Morgan fingerprint density at radius 1 is 1.27 bits per heavy atom. The van der Waals surface area contributed by atoms with E-state index in [1.165, 1.54) is 6.08 Å². The number of rotatable bonds is 4. The predicted octanol–water partition coefficient (Wildman–Crippen LogP) is 1.55. The average Bonchev–Trinajstić information content (AvgIpc) is 2.78. The molecule has 0 aliphatic carbocycles. The zero-order valence-corrected chi connectivity index (χ0v) is 12.2. The lowest BCUT2D eigenvalue weighted by Crippen LogP contribution is -2.34. The van der Waals surface area contributed by atoms with Gasteiger partial charge in [0.2, 0.25) is 0 Å². The molecule has 0 spiro atoms. The Labute approximate surface area is 131 Å². The maximum Gasteiger partial charge on any atom is 0.277 e. The van der Waals surface area contributed by atoms with Crippen molar-refractivity contribution < 1.29 is 14.7 Å². The second kappa shape index (κ2) is 5.75. The minimum atomic E-state index is -0.467. The number of carbonyl (C=O) groups excluding carboxylic acids is 2. The molecular formula is C15H12ClN3O3. The van der Waals surface area contributed by atoms with Crippen LogP contribution < -0.4 is 5.32 Å². The molecule has 0 saturated carbocycles. The molecule has 0 fully saturated rings. The molecule has 1 aromatic heterocycles. The van der Waals surface area contributed by atoms with Crippen molar-refractivity contribution in [3.63, 3.8) is 0 Å². The number of benzene rings is 1. The van der Waals surface area contributed by atoms with Crippen molar-refractivity contribution >= 4 is 40.0 Å². The first kappa shape index (κ1) is 14.5. The number of imide groups is 1. The summed E-state index contributed by atoms with van der Waals surface area (Å²) in [6.45, 7) is -0.297. The quantitative estimate of drug-likeness (QED) is 0.836. The SMILES string of the molecule is O=C1C=C(Nc2ccc(Cl)c3ncccc23)C(=O)N1CCO. The molecule has 0 saturated heterocycles. The van der Waals surface area contributed by atoms with E-state index in [1.54, 1.807) is 24.4 Å². The van der Waals surface area contributed by atoms with Crippen LogP contribution in [-0.4, -0.2) is 40.0 Å². The molecule has 0 radical (unpaired) electrons. The van der Waals surface area contributed by atoms with E-state index in [4.69, 9.17) is 16.7 Å².